The van der Waals surface area contributed by atoms with Gasteiger partial charge >= 0.3 is 0 Å². The molecular weight excluding hydrogens is 196 g/mol. The number of fused-ring (bicyclic) bond motifs is 3. The van der Waals surface area contributed by atoms with E-state index in [4.69, 9.17) is 0 Å². The van der Waals surface area contributed by atoms with Crippen LogP contribution in [0.4, 0.5) is 0 Å². The smallest absolute Gasteiger partial charge is 0.0599 e. The Hall–Kier alpha value is -0.0400. The first-order valence-corrected chi connectivity index (χ1v) is 6.97. The fraction of sp³-hybridized carbons (Fsp3) is 1.00. The minimum atomic E-state index is -0.0359. The van der Waals surface area contributed by atoms with E-state index >= 15 is 0 Å². The minimum absolute atomic E-state index is 0.0359. The Kier molecular flexibility index (Phi) is 1.98. The summed E-state index contributed by atoms with van der Waals surface area (Å²) in [5.41, 5.74) is 1.19. The van der Waals surface area contributed by atoms with Crippen LogP contribution in [0.25, 0.3) is 0 Å². The second-order valence-electron chi connectivity index (χ2n) is 8.03. The van der Waals surface area contributed by atoms with Crippen LogP contribution in [0, 0.1) is 28.1 Å². The fourth-order valence-corrected chi connectivity index (χ4v) is 5.60. The van der Waals surface area contributed by atoms with E-state index in [0.717, 1.165) is 18.3 Å². The summed E-state index contributed by atoms with van der Waals surface area (Å²) in [5.74, 6) is 1.77. The van der Waals surface area contributed by atoms with Gasteiger partial charge in [-0.1, -0.05) is 27.7 Å². The molecule has 0 heterocycles. The van der Waals surface area contributed by atoms with Crippen molar-refractivity contribution in [3.8, 4) is 0 Å². The second kappa shape index (κ2) is 2.85. The van der Waals surface area contributed by atoms with Crippen molar-refractivity contribution in [1.29, 1.82) is 0 Å². The van der Waals surface area contributed by atoms with Crippen LogP contribution in [0.5, 0.6) is 0 Å². The highest BCUT2D eigenvalue weighted by Crippen LogP contribution is 2.72. The lowest BCUT2D eigenvalue weighted by molar-refractivity contribution is -0.00100. The Bertz CT molecular complexity index is 321. The number of rotatable bonds is 0. The monoisotopic (exact) mass is 222 g/mol. The molecule has 92 valence electrons. The van der Waals surface area contributed by atoms with E-state index in [1.165, 1.54) is 25.7 Å². The molecule has 1 nitrogen and oxygen atoms in total. The molecule has 0 spiro atoms. The van der Waals surface area contributed by atoms with E-state index < -0.39 is 0 Å². The van der Waals surface area contributed by atoms with E-state index in [0.29, 0.717) is 10.8 Å². The molecule has 0 unspecified atom stereocenters. The van der Waals surface area contributed by atoms with E-state index in [1.807, 2.05) is 0 Å². The van der Waals surface area contributed by atoms with Crippen molar-refractivity contribution in [3.05, 3.63) is 0 Å². The summed E-state index contributed by atoms with van der Waals surface area (Å²) in [6, 6.07) is 0. The van der Waals surface area contributed by atoms with Gasteiger partial charge in [0.05, 0.1) is 6.10 Å². The minimum Gasteiger partial charge on any atom is -0.393 e. The van der Waals surface area contributed by atoms with E-state index in [-0.39, 0.29) is 11.5 Å². The van der Waals surface area contributed by atoms with Crippen LogP contribution in [0.1, 0.15) is 59.8 Å². The first kappa shape index (κ1) is 11.1. The molecule has 16 heavy (non-hydrogen) atoms. The zero-order valence-corrected chi connectivity index (χ0v) is 11.2. The summed E-state index contributed by atoms with van der Waals surface area (Å²) >= 11 is 0. The second-order valence-corrected chi connectivity index (χ2v) is 8.03. The topological polar surface area (TPSA) is 20.2 Å². The van der Waals surface area contributed by atoms with Gasteiger partial charge in [-0.15, -0.1) is 0 Å². The third-order valence-corrected chi connectivity index (χ3v) is 6.64. The Morgan fingerprint density at radius 1 is 0.938 bits per heavy atom. The van der Waals surface area contributed by atoms with Gasteiger partial charge in [-0.2, -0.15) is 0 Å². The maximum absolute atomic E-state index is 10.3. The fourth-order valence-electron chi connectivity index (χ4n) is 5.60. The lowest BCUT2D eigenvalue weighted by Gasteiger charge is -2.41. The van der Waals surface area contributed by atoms with E-state index in [2.05, 4.69) is 27.7 Å². The zero-order chi connectivity index (χ0) is 11.8. The van der Waals surface area contributed by atoms with Gasteiger partial charge in [0.2, 0.25) is 0 Å². The van der Waals surface area contributed by atoms with Crippen molar-refractivity contribution in [1.82, 2.24) is 0 Å². The molecule has 0 bridgehead atoms. The third kappa shape index (κ3) is 1.11. The van der Waals surface area contributed by atoms with Crippen LogP contribution >= 0.6 is 0 Å². The molecule has 0 amide bonds. The Labute approximate surface area is 99.6 Å². The summed E-state index contributed by atoms with van der Waals surface area (Å²) < 4.78 is 0. The lowest BCUT2D eigenvalue weighted by Crippen LogP contribution is -2.38. The molecule has 1 N–H and O–H groups in total. The maximum atomic E-state index is 10.3. The average molecular weight is 222 g/mol. The molecule has 0 aliphatic heterocycles. The molecule has 0 aromatic carbocycles. The zero-order valence-electron chi connectivity index (χ0n) is 11.2. The number of hydrogen-bond acceptors (Lipinski definition) is 1. The maximum Gasteiger partial charge on any atom is 0.0599 e. The number of hydrogen-bond donors (Lipinski definition) is 1. The van der Waals surface area contributed by atoms with Gasteiger partial charge in [-0.25, -0.2) is 0 Å². The van der Waals surface area contributed by atoms with Gasteiger partial charge in [-0.05, 0) is 60.2 Å². The van der Waals surface area contributed by atoms with Crippen LogP contribution in [0.3, 0.4) is 0 Å². The van der Waals surface area contributed by atoms with Crippen LogP contribution in [-0.2, 0) is 0 Å². The van der Waals surface area contributed by atoms with Gasteiger partial charge < -0.3 is 5.11 Å². The highest BCUT2D eigenvalue weighted by molar-refractivity contribution is 5.16. The summed E-state index contributed by atoms with van der Waals surface area (Å²) in [7, 11) is 0. The van der Waals surface area contributed by atoms with Gasteiger partial charge in [0.25, 0.3) is 0 Å². The molecule has 3 fully saturated rings. The van der Waals surface area contributed by atoms with Crippen LogP contribution < -0.4 is 0 Å². The van der Waals surface area contributed by atoms with Crippen LogP contribution in [0.2, 0.25) is 0 Å². The summed E-state index contributed by atoms with van der Waals surface area (Å²) in [6.45, 7) is 9.68. The largest absolute Gasteiger partial charge is 0.393 e. The first-order chi connectivity index (χ1) is 7.29. The molecular formula is C15H26O. The van der Waals surface area contributed by atoms with Crippen molar-refractivity contribution < 1.29 is 5.11 Å². The molecule has 3 saturated carbocycles. The quantitative estimate of drug-likeness (QED) is 0.664. The molecule has 0 aromatic rings. The van der Waals surface area contributed by atoms with Gasteiger partial charge in [0.15, 0.2) is 0 Å². The predicted molar refractivity (Wildman–Crippen MR) is 66.1 cm³/mol. The molecule has 1 heteroatoms. The lowest BCUT2D eigenvalue weighted by atomic mass is 9.64. The van der Waals surface area contributed by atoms with Gasteiger partial charge in [0.1, 0.15) is 0 Å². The first-order valence-electron chi connectivity index (χ1n) is 6.97. The Morgan fingerprint density at radius 2 is 1.62 bits per heavy atom. The molecule has 3 aliphatic carbocycles. The molecule has 3 rings (SSSR count). The van der Waals surface area contributed by atoms with E-state index in [1.54, 1.807) is 0 Å². The number of aliphatic hydroxyl groups excluding tert-OH is 1. The summed E-state index contributed by atoms with van der Waals surface area (Å²) in [4.78, 5) is 0. The SMILES string of the molecule is CC1(C)C[C@H]2C[C@]3(C)[C@@H](O)CC[C@]3(C)[C@H]2C1. The third-order valence-electron chi connectivity index (χ3n) is 6.64. The molecule has 0 saturated heterocycles. The Balaban J connectivity index is 1.97. The standard InChI is InChI=1S/C15H26O/c1-13(2)7-10-8-15(4)12(16)5-6-14(15,3)11(10)9-13/h10-12,16H,5-9H2,1-4H3/t10-,11-,12-,14+,15+/m0/s1. The molecule has 5 atom stereocenters. The van der Waals surface area contributed by atoms with Gasteiger partial charge in [-0.3, -0.25) is 0 Å². The van der Waals surface area contributed by atoms with Crippen molar-refractivity contribution in [2.45, 2.75) is 65.9 Å². The van der Waals surface area contributed by atoms with Gasteiger partial charge in [0, 0.05) is 0 Å². The summed E-state index contributed by atoms with van der Waals surface area (Å²) in [5, 5.41) is 10.3. The van der Waals surface area contributed by atoms with Crippen LogP contribution in [-0.4, -0.2) is 11.2 Å². The van der Waals surface area contributed by atoms with Crippen molar-refractivity contribution in [3.63, 3.8) is 0 Å². The van der Waals surface area contributed by atoms with Crippen molar-refractivity contribution in [2.24, 2.45) is 28.1 Å². The predicted octanol–water partition coefficient (Wildman–Crippen LogP) is 3.61. The highest BCUT2D eigenvalue weighted by atomic mass is 16.3. The van der Waals surface area contributed by atoms with Crippen LogP contribution in [0.15, 0.2) is 0 Å². The average Bonchev–Trinajstić information content (AvgIpc) is 2.64. The Morgan fingerprint density at radius 3 is 2.31 bits per heavy atom. The number of aliphatic hydroxyl groups is 1. The molecule has 3 aliphatic rings. The van der Waals surface area contributed by atoms with Crippen molar-refractivity contribution in [2.75, 3.05) is 0 Å². The normalized spacial score (nSPS) is 58.7. The molecule has 0 aromatic heterocycles. The highest BCUT2D eigenvalue weighted by Gasteiger charge is 2.66. The van der Waals surface area contributed by atoms with E-state index in [9.17, 15) is 5.11 Å². The summed E-state index contributed by atoms with van der Waals surface area (Å²) in [6.07, 6.45) is 6.30. The molecule has 0 radical (unpaired) electrons. The van der Waals surface area contributed by atoms with Crippen molar-refractivity contribution >= 4 is 0 Å².